The minimum atomic E-state index is -0.396. The van der Waals surface area contributed by atoms with Crippen LogP contribution in [0.3, 0.4) is 0 Å². The van der Waals surface area contributed by atoms with Crippen LogP contribution < -0.4 is 5.32 Å². The second kappa shape index (κ2) is 5.35. The number of aromatic hydroxyl groups is 1. The molecule has 1 amide bonds. The van der Waals surface area contributed by atoms with Crippen molar-refractivity contribution in [3.8, 4) is 5.75 Å². The van der Waals surface area contributed by atoms with Crippen LogP contribution in [0.5, 0.6) is 5.75 Å². The molecule has 1 fully saturated rings. The first-order chi connectivity index (χ1) is 8.67. The zero-order valence-electron chi connectivity index (χ0n) is 10.2. The second-order valence-electron chi connectivity index (χ2n) is 4.92. The van der Waals surface area contributed by atoms with Crippen molar-refractivity contribution in [2.75, 3.05) is 13.2 Å². The molecule has 2 rings (SSSR count). The van der Waals surface area contributed by atoms with Gasteiger partial charge in [0, 0.05) is 18.2 Å². The van der Waals surface area contributed by atoms with Gasteiger partial charge in [-0.25, -0.2) is 4.98 Å². The van der Waals surface area contributed by atoms with Crippen molar-refractivity contribution in [3.63, 3.8) is 0 Å². The lowest BCUT2D eigenvalue weighted by atomic mass is 9.87. The molecule has 1 saturated carbocycles. The fourth-order valence-corrected chi connectivity index (χ4v) is 2.44. The Labute approximate surface area is 106 Å². The number of aromatic nitrogens is 1. The fourth-order valence-electron chi connectivity index (χ4n) is 2.44. The van der Waals surface area contributed by atoms with Crippen LogP contribution in [0.4, 0.5) is 0 Å². The molecule has 1 aromatic heterocycles. The number of carbonyl (C=O) groups excluding carboxylic acids is 1. The maximum Gasteiger partial charge on any atom is 0.273 e. The summed E-state index contributed by atoms with van der Waals surface area (Å²) in [6.07, 6.45) is 5.50. The molecule has 1 aromatic rings. The highest BCUT2D eigenvalue weighted by Crippen LogP contribution is 2.36. The van der Waals surface area contributed by atoms with Crippen LogP contribution >= 0.6 is 0 Å². The molecule has 5 heteroatoms. The van der Waals surface area contributed by atoms with E-state index in [-0.39, 0.29) is 23.5 Å². The highest BCUT2D eigenvalue weighted by Gasteiger charge is 2.33. The quantitative estimate of drug-likeness (QED) is 0.746. The monoisotopic (exact) mass is 250 g/mol. The van der Waals surface area contributed by atoms with Gasteiger partial charge in [0.05, 0.1) is 6.61 Å². The first-order valence-electron chi connectivity index (χ1n) is 6.20. The van der Waals surface area contributed by atoms with E-state index in [1.165, 1.54) is 12.3 Å². The standard InChI is InChI=1S/C13H18N2O3/c16-9-13(5-1-2-6-13)8-15-12(18)11-10(17)4-3-7-14-11/h3-4,7,16-17H,1-2,5-6,8-9H2,(H,15,18). The average Bonchev–Trinajstić information content (AvgIpc) is 2.86. The van der Waals surface area contributed by atoms with Gasteiger partial charge in [-0.15, -0.1) is 0 Å². The Morgan fingerprint density at radius 1 is 1.44 bits per heavy atom. The first-order valence-corrected chi connectivity index (χ1v) is 6.20. The number of pyridine rings is 1. The van der Waals surface area contributed by atoms with Gasteiger partial charge in [0.15, 0.2) is 5.69 Å². The van der Waals surface area contributed by atoms with Gasteiger partial charge in [0.1, 0.15) is 5.75 Å². The van der Waals surface area contributed by atoms with Crippen LogP contribution in [0.25, 0.3) is 0 Å². The average molecular weight is 250 g/mol. The van der Waals surface area contributed by atoms with Crippen LogP contribution in [0.2, 0.25) is 0 Å². The van der Waals surface area contributed by atoms with Crippen LogP contribution in [0, 0.1) is 5.41 Å². The maximum atomic E-state index is 11.9. The lowest BCUT2D eigenvalue weighted by Crippen LogP contribution is -2.38. The van der Waals surface area contributed by atoms with Crippen LogP contribution in [-0.2, 0) is 0 Å². The Hall–Kier alpha value is -1.62. The number of aliphatic hydroxyl groups excluding tert-OH is 1. The summed E-state index contributed by atoms with van der Waals surface area (Å²) in [6, 6.07) is 3.00. The van der Waals surface area contributed by atoms with Crippen molar-refractivity contribution in [1.29, 1.82) is 0 Å². The molecule has 0 aromatic carbocycles. The third-order valence-electron chi connectivity index (χ3n) is 3.63. The van der Waals surface area contributed by atoms with Gasteiger partial charge in [0.25, 0.3) is 5.91 Å². The molecule has 3 N–H and O–H groups in total. The molecular formula is C13H18N2O3. The molecule has 18 heavy (non-hydrogen) atoms. The van der Waals surface area contributed by atoms with Gasteiger partial charge in [-0.2, -0.15) is 0 Å². The van der Waals surface area contributed by atoms with Crippen LogP contribution in [0.15, 0.2) is 18.3 Å². The van der Waals surface area contributed by atoms with Gasteiger partial charge >= 0.3 is 0 Å². The van der Waals surface area contributed by atoms with Crippen molar-refractivity contribution in [2.24, 2.45) is 5.41 Å². The van der Waals surface area contributed by atoms with Gasteiger partial charge in [-0.3, -0.25) is 4.79 Å². The zero-order valence-corrected chi connectivity index (χ0v) is 10.2. The largest absolute Gasteiger partial charge is 0.505 e. The summed E-state index contributed by atoms with van der Waals surface area (Å²) < 4.78 is 0. The summed E-state index contributed by atoms with van der Waals surface area (Å²) in [7, 11) is 0. The van der Waals surface area contributed by atoms with Gasteiger partial charge in [0.2, 0.25) is 0 Å². The summed E-state index contributed by atoms with van der Waals surface area (Å²) in [5.41, 5.74) is -0.163. The molecular weight excluding hydrogens is 232 g/mol. The highest BCUT2D eigenvalue weighted by atomic mass is 16.3. The van der Waals surface area contributed by atoms with Gasteiger partial charge in [-0.05, 0) is 25.0 Å². The zero-order chi connectivity index (χ0) is 13.0. The van der Waals surface area contributed by atoms with Crippen molar-refractivity contribution in [1.82, 2.24) is 10.3 Å². The normalized spacial score (nSPS) is 17.6. The number of carbonyl (C=O) groups is 1. The topological polar surface area (TPSA) is 82.5 Å². The predicted octanol–water partition coefficient (Wildman–Crippen LogP) is 1.07. The Bertz CT molecular complexity index is 428. The summed E-state index contributed by atoms with van der Waals surface area (Å²) in [4.78, 5) is 15.7. The number of hydrogen-bond acceptors (Lipinski definition) is 4. The van der Waals surface area contributed by atoms with Crippen molar-refractivity contribution in [2.45, 2.75) is 25.7 Å². The third kappa shape index (κ3) is 2.61. The Balaban J connectivity index is 1.98. The number of aliphatic hydroxyl groups is 1. The van der Waals surface area contributed by atoms with Crippen LogP contribution in [-0.4, -0.2) is 34.3 Å². The SMILES string of the molecule is O=C(NCC1(CO)CCCC1)c1ncccc1O. The molecule has 5 nitrogen and oxygen atoms in total. The van der Waals surface area contributed by atoms with E-state index in [4.69, 9.17) is 0 Å². The smallest absolute Gasteiger partial charge is 0.273 e. The molecule has 0 unspecified atom stereocenters. The summed E-state index contributed by atoms with van der Waals surface area (Å²) >= 11 is 0. The number of hydrogen-bond donors (Lipinski definition) is 3. The predicted molar refractivity (Wildman–Crippen MR) is 66.2 cm³/mol. The first kappa shape index (κ1) is 12.8. The van der Waals surface area contributed by atoms with Crippen LogP contribution in [0.1, 0.15) is 36.2 Å². The molecule has 1 aliphatic rings. The van der Waals surface area contributed by atoms with Crippen molar-refractivity contribution < 1.29 is 15.0 Å². The second-order valence-corrected chi connectivity index (χ2v) is 4.92. The van der Waals surface area contributed by atoms with E-state index in [2.05, 4.69) is 10.3 Å². The van der Waals surface area contributed by atoms with E-state index < -0.39 is 5.91 Å². The minimum absolute atomic E-state index is 0.0311. The molecule has 1 aliphatic carbocycles. The Morgan fingerprint density at radius 2 is 2.17 bits per heavy atom. The van der Waals surface area contributed by atoms with E-state index in [9.17, 15) is 15.0 Å². The Morgan fingerprint density at radius 3 is 2.78 bits per heavy atom. The van der Waals surface area contributed by atoms with E-state index in [1.54, 1.807) is 6.07 Å². The molecule has 98 valence electrons. The highest BCUT2D eigenvalue weighted by molar-refractivity contribution is 5.94. The lowest BCUT2D eigenvalue weighted by Gasteiger charge is -2.26. The summed E-state index contributed by atoms with van der Waals surface area (Å²) in [5.74, 6) is -0.521. The number of rotatable bonds is 4. The molecule has 0 atom stereocenters. The third-order valence-corrected chi connectivity index (χ3v) is 3.63. The maximum absolute atomic E-state index is 11.9. The summed E-state index contributed by atoms with van der Waals surface area (Å²) in [6.45, 7) is 0.514. The van der Waals surface area contributed by atoms with E-state index in [0.29, 0.717) is 6.54 Å². The van der Waals surface area contributed by atoms with E-state index in [0.717, 1.165) is 25.7 Å². The summed E-state index contributed by atoms with van der Waals surface area (Å²) in [5, 5.41) is 21.7. The van der Waals surface area contributed by atoms with E-state index >= 15 is 0 Å². The number of nitrogens with zero attached hydrogens (tertiary/aromatic N) is 1. The minimum Gasteiger partial charge on any atom is -0.505 e. The van der Waals surface area contributed by atoms with Crippen molar-refractivity contribution >= 4 is 5.91 Å². The molecule has 0 spiro atoms. The fraction of sp³-hybridized carbons (Fsp3) is 0.538. The Kier molecular flexibility index (Phi) is 3.81. The number of amides is 1. The molecule has 0 saturated heterocycles. The number of nitrogens with one attached hydrogen (secondary N) is 1. The van der Waals surface area contributed by atoms with E-state index in [1.807, 2.05) is 0 Å². The lowest BCUT2D eigenvalue weighted by molar-refractivity contribution is 0.0873. The van der Waals surface area contributed by atoms with Crippen molar-refractivity contribution in [3.05, 3.63) is 24.0 Å². The van der Waals surface area contributed by atoms with Gasteiger partial charge in [-0.1, -0.05) is 12.8 Å². The molecule has 0 bridgehead atoms. The molecule has 0 aliphatic heterocycles. The molecule has 1 heterocycles. The van der Waals surface area contributed by atoms with Gasteiger partial charge < -0.3 is 15.5 Å². The molecule has 0 radical (unpaired) electrons.